The zero-order valence-corrected chi connectivity index (χ0v) is 15.8. The van der Waals surface area contributed by atoms with Gasteiger partial charge in [-0.2, -0.15) is 4.57 Å². The van der Waals surface area contributed by atoms with Gasteiger partial charge in [0.15, 0.2) is 6.20 Å². The predicted octanol–water partition coefficient (Wildman–Crippen LogP) is 1.36. The number of aromatic nitrogens is 2. The van der Waals surface area contributed by atoms with Gasteiger partial charge in [0.2, 0.25) is 5.52 Å². The molecule has 0 unspecified atom stereocenters. The summed E-state index contributed by atoms with van der Waals surface area (Å²) in [4.78, 5) is 5.02. The summed E-state index contributed by atoms with van der Waals surface area (Å²) in [5.41, 5.74) is 4.43. The summed E-state index contributed by atoms with van der Waals surface area (Å²) in [7, 11) is 0. The van der Waals surface area contributed by atoms with Crippen LogP contribution < -0.4 is 22.5 Å². The molecule has 0 fully saturated rings. The number of benzene rings is 2. The lowest BCUT2D eigenvalue weighted by molar-refractivity contribution is -0.667. The normalized spacial score (nSPS) is 11.7. The van der Waals surface area contributed by atoms with Crippen LogP contribution in [0.25, 0.3) is 21.8 Å². The first-order valence-electron chi connectivity index (χ1n) is 8.86. The highest BCUT2D eigenvalue weighted by atomic mass is 35.5. The number of hydrogen-bond acceptors (Lipinski definition) is 1. The molecule has 0 saturated carbocycles. The van der Waals surface area contributed by atoms with Gasteiger partial charge < -0.3 is 17.0 Å². The topological polar surface area (TPSA) is 21.2 Å². The molecule has 0 radical (unpaired) electrons. The van der Waals surface area contributed by atoms with Crippen LogP contribution in [0.2, 0.25) is 0 Å². The van der Waals surface area contributed by atoms with Crippen LogP contribution in [0, 0.1) is 0 Å². The second-order valence-electron chi connectivity index (χ2n) is 6.11. The molecule has 0 saturated heterocycles. The molecule has 2 heterocycles. The molecule has 0 atom stereocenters. The van der Waals surface area contributed by atoms with Crippen LogP contribution in [0.3, 0.4) is 0 Å². The molecule has 2 aromatic heterocycles. The van der Waals surface area contributed by atoms with Crippen molar-refractivity contribution in [1.29, 1.82) is 0 Å². The van der Waals surface area contributed by atoms with Crippen molar-refractivity contribution in [2.75, 3.05) is 0 Å². The van der Waals surface area contributed by atoms with E-state index in [1.807, 2.05) is 0 Å². The van der Waals surface area contributed by atoms with E-state index in [1.54, 1.807) is 0 Å². The molecule has 4 aromatic rings. The molecule has 0 spiro atoms. The van der Waals surface area contributed by atoms with E-state index in [1.165, 1.54) is 21.8 Å². The van der Waals surface area contributed by atoms with Gasteiger partial charge in [0, 0.05) is 24.2 Å². The van der Waals surface area contributed by atoms with E-state index < -0.39 is 0 Å². The minimum atomic E-state index is 0. The second-order valence-corrected chi connectivity index (χ2v) is 6.11. The molecular formula is C22H22ClN3. The summed E-state index contributed by atoms with van der Waals surface area (Å²) < 4.78 is 4.52. The molecule has 0 bridgehead atoms. The molecule has 0 amide bonds. The fourth-order valence-electron chi connectivity index (χ4n) is 3.45. The number of hydrogen-bond donors (Lipinski definition) is 0. The zero-order valence-electron chi connectivity index (χ0n) is 15.1. The Labute approximate surface area is 159 Å². The molecule has 0 aliphatic carbocycles. The van der Waals surface area contributed by atoms with Gasteiger partial charge in [-0.3, -0.25) is 0 Å². The summed E-state index contributed by atoms with van der Waals surface area (Å²) in [5, 5.41) is 2.42. The first kappa shape index (κ1) is 18.2. The molecule has 26 heavy (non-hydrogen) atoms. The number of para-hydroxylation sites is 2. The predicted molar refractivity (Wildman–Crippen MR) is 103 cm³/mol. The third-order valence-electron chi connectivity index (χ3n) is 4.71. The number of rotatable bonds is 3. The Morgan fingerprint density at radius 2 is 1.65 bits per heavy atom. The molecule has 0 N–H and O–H groups in total. The monoisotopic (exact) mass is 363 g/mol. The molecule has 0 aliphatic rings. The van der Waals surface area contributed by atoms with Crippen LogP contribution in [-0.2, 0) is 13.1 Å². The van der Waals surface area contributed by atoms with Crippen LogP contribution in [-0.4, -0.2) is 4.57 Å². The van der Waals surface area contributed by atoms with Crippen LogP contribution in [0.4, 0.5) is 5.69 Å². The third-order valence-corrected chi connectivity index (χ3v) is 4.71. The molecule has 2 aromatic carbocycles. The standard InChI is InChI=1S/C22H22N3.ClH/c1-3-24-16-15-19(18-10-6-8-12-21(18)24)23-22-14-13-17-9-5-7-11-20(17)25(22)4-2;/h5-16H,3-4H2,1-2H3;1H/q+1;/p-1. The largest absolute Gasteiger partial charge is 1.00 e. The molecule has 3 nitrogen and oxygen atoms in total. The van der Waals surface area contributed by atoms with Gasteiger partial charge in [-0.25, -0.2) is 4.99 Å². The average molecular weight is 364 g/mol. The summed E-state index contributed by atoms with van der Waals surface area (Å²) in [6.45, 7) is 6.17. The number of pyridine rings is 2. The van der Waals surface area contributed by atoms with Crippen LogP contribution in [0.5, 0.6) is 0 Å². The van der Waals surface area contributed by atoms with E-state index in [0.29, 0.717) is 0 Å². The molecule has 4 heteroatoms. The van der Waals surface area contributed by atoms with Crippen molar-refractivity contribution in [2.45, 2.75) is 26.9 Å². The van der Waals surface area contributed by atoms with Gasteiger partial charge >= 0.3 is 0 Å². The Kier molecular flexibility index (Phi) is 5.38. The van der Waals surface area contributed by atoms with E-state index in [-0.39, 0.29) is 12.4 Å². The number of halogens is 1. The van der Waals surface area contributed by atoms with Crippen LogP contribution >= 0.6 is 0 Å². The van der Waals surface area contributed by atoms with E-state index in [0.717, 1.165) is 24.3 Å². The maximum absolute atomic E-state index is 5.02. The lowest BCUT2D eigenvalue weighted by Gasteiger charge is -2.10. The molecule has 0 aliphatic heterocycles. The molecular weight excluding hydrogens is 342 g/mol. The van der Waals surface area contributed by atoms with Crippen molar-refractivity contribution in [3.63, 3.8) is 0 Å². The third kappa shape index (κ3) is 3.11. The van der Waals surface area contributed by atoms with Gasteiger partial charge in [0.05, 0.1) is 11.1 Å². The molecule has 4 rings (SSSR count). The van der Waals surface area contributed by atoms with Crippen molar-refractivity contribution >= 4 is 27.5 Å². The summed E-state index contributed by atoms with van der Waals surface area (Å²) in [5.74, 6) is 0. The number of nitrogens with zero attached hydrogens (tertiary/aromatic N) is 3. The second kappa shape index (κ2) is 7.71. The first-order chi connectivity index (χ1) is 12.3. The van der Waals surface area contributed by atoms with Gasteiger partial charge in [0.1, 0.15) is 12.0 Å². The van der Waals surface area contributed by atoms with Crippen molar-refractivity contribution in [1.82, 2.24) is 4.57 Å². The Bertz CT molecular complexity index is 1130. The minimum absolute atomic E-state index is 0. The van der Waals surface area contributed by atoms with E-state index >= 15 is 0 Å². The number of fused-ring (bicyclic) bond motifs is 2. The Morgan fingerprint density at radius 3 is 2.46 bits per heavy atom. The highest BCUT2D eigenvalue weighted by Crippen LogP contribution is 2.22. The smallest absolute Gasteiger partial charge is 0.214 e. The summed E-state index contributed by atoms with van der Waals surface area (Å²) in [6, 6.07) is 23.3. The summed E-state index contributed by atoms with van der Waals surface area (Å²) in [6.07, 6.45) is 2.12. The fourth-order valence-corrected chi connectivity index (χ4v) is 3.45. The van der Waals surface area contributed by atoms with Gasteiger partial charge in [0.25, 0.3) is 0 Å². The highest BCUT2D eigenvalue weighted by molar-refractivity contribution is 5.87. The summed E-state index contributed by atoms with van der Waals surface area (Å²) >= 11 is 0. The highest BCUT2D eigenvalue weighted by Gasteiger charge is 2.10. The van der Waals surface area contributed by atoms with Crippen molar-refractivity contribution < 1.29 is 17.0 Å². The quantitative estimate of drug-likeness (QED) is 0.490. The Morgan fingerprint density at radius 1 is 0.885 bits per heavy atom. The van der Waals surface area contributed by atoms with E-state index in [2.05, 4.69) is 95.9 Å². The van der Waals surface area contributed by atoms with E-state index in [9.17, 15) is 0 Å². The first-order valence-corrected chi connectivity index (χ1v) is 8.86. The fraction of sp³-hybridized carbons (Fsp3) is 0.182. The number of aryl methyl sites for hydroxylation is 2. The van der Waals surface area contributed by atoms with Crippen molar-refractivity contribution in [3.05, 3.63) is 78.4 Å². The van der Waals surface area contributed by atoms with Crippen molar-refractivity contribution in [2.24, 2.45) is 4.99 Å². The van der Waals surface area contributed by atoms with E-state index in [4.69, 9.17) is 4.99 Å². The molecule has 132 valence electrons. The lowest BCUT2D eigenvalue weighted by Crippen LogP contribution is -3.00. The van der Waals surface area contributed by atoms with Gasteiger partial charge in [-0.1, -0.05) is 30.3 Å². The van der Waals surface area contributed by atoms with Gasteiger partial charge in [-0.05, 0) is 43.5 Å². The Balaban J connectivity index is 0.00000196. The lowest BCUT2D eigenvalue weighted by atomic mass is 10.2. The van der Waals surface area contributed by atoms with Crippen LogP contribution in [0.1, 0.15) is 13.8 Å². The van der Waals surface area contributed by atoms with Crippen LogP contribution in [0.15, 0.2) is 77.9 Å². The van der Waals surface area contributed by atoms with Crippen molar-refractivity contribution in [3.8, 4) is 0 Å². The maximum Gasteiger partial charge on any atom is 0.214 e. The average Bonchev–Trinajstić information content (AvgIpc) is 2.68. The van der Waals surface area contributed by atoms with Gasteiger partial charge in [-0.15, -0.1) is 0 Å². The SMILES string of the molecule is CCn1c(=Nc2cc[n+](CC)c3ccccc23)ccc2ccccc21.[Cl-]. The maximum atomic E-state index is 5.02. The minimum Gasteiger partial charge on any atom is -1.00 e. The zero-order chi connectivity index (χ0) is 17.2. The Hall–Kier alpha value is -2.65.